The quantitative estimate of drug-likeness (QED) is 0.789. The van der Waals surface area contributed by atoms with Crippen molar-refractivity contribution in [1.29, 1.82) is 0 Å². The highest BCUT2D eigenvalue weighted by Gasteiger charge is 2.16. The fraction of sp³-hybridized carbons (Fsp3) is 0.333. The summed E-state index contributed by atoms with van der Waals surface area (Å²) in [7, 11) is 3.30. The molecule has 102 valence electrons. The molecule has 0 aliphatic rings. The summed E-state index contributed by atoms with van der Waals surface area (Å²) in [5.41, 5.74) is 1.25. The average Bonchev–Trinajstić information content (AvgIpc) is 2.99. The number of ether oxygens (including phenoxy) is 2. The minimum Gasteiger partial charge on any atom is -0.355 e. The van der Waals surface area contributed by atoms with Gasteiger partial charge in [-0.15, -0.1) is 11.3 Å². The fourth-order valence-electron chi connectivity index (χ4n) is 1.96. The Labute approximate surface area is 118 Å². The first-order chi connectivity index (χ1) is 9.35. The van der Waals surface area contributed by atoms with Crippen molar-refractivity contribution in [3.8, 4) is 0 Å². The Bertz CT molecular complexity index is 454. The summed E-state index contributed by atoms with van der Waals surface area (Å²) in [5, 5.41) is 5.60. The number of methoxy groups -OCH3 is 2. The van der Waals surface area contributed by atoms with E-state index >= 15 is 0 Å². The maximum Gasteiger partial charge on any atom is 0.169 e. The lowest BCUT2D eigenvalue weighted by Crippen LogP contribution is -2.32. The first-order valence-corrected chi connectivity index (χ1v) is 7.10. The molecule has 0 spiro atoms. The Morgan fingerprint density at radius 2 is 1.79 bits per heavy atom. The van der Waals surface area contributed by atoms with Crippen molar-refractivity contribution >= 4 is 11.3 Å². The summed E-state index contributed by atoms with van der Waals surface area (Å²) < 4.78 is 10.4. The molecule has 1 heterocycles. The SMILES string of the molecule is COC(CNC(c1ccccc1)c1cccs1)OC. The zero-order valence-electron chi connectivity index (χ0n) is 11.2. The van der Waals surface area contributed by atoms with Crippen LogP contribution in [-0.2, 0) is 9.47 Å². The van der Waals surface area contributed by atoms with Gasteiger partial charge in [0.1, 0.15) is 0 Å². The van der Waals surface area contributed by atoms with E-state index in [1.807, 2.05) is 6.07 Å². The van der Waals surface area contributed by atoms with Crippen LogP contribution in [0.25, 0.3) is 0 Å². The van der Waals surface area contributed by atoms with Gasteiger partial charge in [-0.05, 0) is 17.0 Å². The van der Waals surface area contributed by atoms with Crippen LogP contribution in [0, 0.1) is 0 Å². The fourth-order valence-corrected chi connectivity index (χ4v) is 2.79. The smallest absolute Gasteiger partial charge is 0.169 e. The topological polar surface area (TPSA) is 30.5 Å². The summed E-state index contributed by atoms with van der Waals surface area (Å²) in [6, 6.07) is 14.8. The average molecular weight is 277 g/mol. The van der Waals surface area contributed by atoms with E-state index in [-0.39, 0.29) is 12.3 Å². The number of thiophene rings is 1. The molecule has 0 radical (unpaired) electrons. The van der Waals surface area contributed by atoms with Gasteiger partial charge in [-0.1, -0.05) is 36.4 Å². The second kappa shape index (κ2) is 7.40. The molecule has 2 aromatic rings. The molecule has 0 saturated carbocycles. The van der Waals surface area contributed by atoms with Crippen LogP contribution in [0.4, 0.5) is 0 Å². The monoisotopic (exact) mass is 277 g/mol. The predicted octanol–water partition coefficient (Wildman–Crippen LogP) is 3.05. The minimum absolute atomic E-state index is 0.175. The Morgan fingerprint density at radius 1 is 1.05 bits per heavy atom. The second-order valence-electron chi connectivity index (χ2n) is 4.17. The van der Waals surface area contributed by atoms with Crippen molar-refractivity contribution in [3.05, 3.63) is 58.3 Å². The van der Waals surface area contributed by atoms with E-state index in [1.54, 1.807) is 25.6 Å². The van der Waals surface area contributed by atoms with Crippen LogP contribution in [0.15, 0.2) is 47.8 Å². The van der Waals surface area contributed by atoms with Gasteiger partial charge in [-0.2, -0.15) is 0 Å². The molecule has 3 nitrogen and oxygen atoms in total. The lowest BCUT2D eigenvalue weighted by molar-refractivity contribution is -0.0994. The van der Waals surface area contributed by atoms with E-state index in [0.29, 0.717) is 6.54 Å². The van der Waals surface area contributed by atoms with Gasteiger partial charge in [0.2, 0.25) is 0 Å². The maximum absolute atomic E-state index is 5.22. The van der Waals surface area contributed by atoms with Gasteiger partial charge in [0, 0.05) is 25.6 Å². The van der Waals surface area contributed by atoms with Gasteiger partial charge in [0.15, 0.2) is 6.29 Å². The summed E-state index contributed by atoms with van der Waals surface area (Å²) in [4.78, 5) is 1.29. The van der Waals surface area contributed by atoms with Crippen LogP contribution in [0.1, 0.15) is 16.5 Å². The first-order valence-electron chi connectivity index (χ1n) is 6.22. The zero-order chi connectivity index (χ0) is 13.5. The molecular weight excluding hydrogens is 258 g/mol. The number of benzene rings is 1. The van der Waals surface area contributed by atoms with E-state index in [1.165, 1.54) is 10.4 Å². The zero-order valence-corrected chi connectivity index (χ0v) is 12.0. The molecule has 0 saturated heterocycles. The Kier molecular flexibility index (Phi) is 5.54. The van der Waals surface area contributed by atoms with Gasteiger partial charge < -0.3 is 14.8 Å². The number of rotatable bonds is 7. The lowest BCUT2D eigenvalue weighted by atomic mass is 10.1. The molecular formula is C15H19NO2S. The van der Waals surface area contributed by atoms with Crippen LogP contribution < -0.4 is 5.32 Å². The van der Waals surface area contributed by atoms with Crippen molar-refractivity contribution < 1.29 is 9.47 Å². The van der Waals surface area contributed by atoms with Crippen molar-refractivity contribution in [3.63, 3.8) is 0 Å². The largest absolute Gasteiger partial charge is 0.355 e. The van der Waals surface area contributed by atoms with Gasteiger partial charge in [0.25, 0.3) is 0 Å². The number of hydrogen-bond acceptors (Lipinski definition) is 4. The third-order valence-corrected chi connectivity index (χ3v) is 3.91. The molecule has 1 aromatic carbocycles. The Hall–Kier alpha value is -1.20. The molecule has 2 rings (SSSR count). The summed E-state index contributed by atoms with van der Waals surface area (Å²) in [6.07, 6.45) is -0.230. The Balaban J connectivity index is 2.12. The van der Waals surface area contributed by atoms with E-state index in [0.717, 1.165) is 0 Å². The highest BCUT2D eigenvalue weighted by molar-refractivity contribution is 7.10. The molecule has 1 unspecified atom stereocenters. The molecule has 0 fully saturated rings. The van der Waals surface area contributed by atoms with Gasteiger partial charge >= 0.3 is 0 Å². The standard InChI is InChI=1S/C15H19NO2S/c1-17-14(18-2)11-16-15(13-9-6-10-19-13)12-7-4-3-5-8-12/h3-10,14-16H,11H2,1-2H3. The summed E-state index contributed by atoms with van der Waals surface area (Å²) in [5.74, 6) is 0. The maximum atomic E-state index is 5.22. The molecule has 0 aliphatic heterocycles. The van der Waals surface area contributed by atoms with Crippen LogP contribution in [-0.4, -0.2) is 27.1 Å². The van der Waals surface area contributed by atoms with Crippen LogP contribution >= 0.6 is 11.3 Å². The van der Waals surface area contributed by atoms with E-state index in [4.69, 9.17) is 9.47 Å². The minimum atomic E-state index is -0.230. The molecule has 19 heavy (non-hydrogen) atoms. The van der Waals surface area contributed by atoms with Crippen LogP contribution in [0.2, 0.25) is 0 Å². The number of hydrogen-bond donors (Lipinski definition) is 1. The molecule has 0 aliphatic carbocycles. The predicted molar refractivity (Wildman–Crippen MR) is 78.4 cm³/mol. The summed E-state index contributed by atoms with van der Waals surface area (Å²) in [6.45, 7) is 0.643. The second-order valence-corrected chi connectivity index (χ2v) is 5.15. The van der Waals surface area contributed by atoms with Crippen LogP contribution in [0.5, 0.6) is 0 Å². The number of nitrogens with one attached hydrogen (secondary N) is 1. The highest BCUT2D eigenvalue weighted by Crippen LogP contribution is 2.25. The molecule has 1 aromatic heterocycles. The van der Waals surface area contributed by atoms with Crippen molar-refractivity contribution in [2.45, 2.75) is 12.3 Å². The lowest BCUT2D eigenvalue weighted by Gasteiger charge is -2.21. The third-order valence-electron chi connectivity index (χ3n) is 2.98. The Morgan fingerprint density at radius 3 is 2.37 bits per heavy atom. The normalized spacial score (nSPS) is 12.8. The molecule has 0 amide bonds. The summed E-state index contributed by atoms with van der Waals surface area (Å²) >= 11 is 1.75. The third kappa shape index (κ3) is 3.88. The first kappa shape index (κ1) is 14.2. The molecule has 1 atom stereocenters. The van der Waals surface area contributed by atoms with Crippen molar-refractivity contribution in [2.75, 3.05) is 20.8 Å². The van der Waals surface area contributed by atoms with E-state index in [2.05, 4.69) is 47.1 Å². The molecule has 1 N–H and O–H groups in total. The van der Waals surface area contributed by atoms with Crippen LogP contribution in [0.3, 0.4) is 0 Å². The van der Waals surface area contributed by atoms with E-state index in [9.17, 15) is 0 Å². The van der Waals surface area contributed by atoms with Crippen molar-refractivity contribution in [2.24, 2.45) is 0 Å². The van der Waals surface area contributed by atoms with Gasteiger partial charge in [-0.25, -0.2) is 0 Å². The highest BCUT2D eigenvalue weighted by atomic mass is 32.1. The van der Waals surface area contributed by atoms with Crippen molar-refractivity contribution in [1.82, 2.24) is 5.32 Å². The molecule has 4 heteroatoms. The molecule has 0 bridgehead atoms. The van der Waals surface area contributed by atoms with Gasteiger partial charge in [-0.3, -0.25) is 0 Å². The van der Waals surface area contributed by atoms with Gasteiger partial charge in [0.05, 0.1) is 6.04 Å². The van der Waals surface area contributed by atoms with E-state index < -0.39 is 0 Å².